The first-order chi connectivity index (χ1) is 11.5. The Morgan fingerprint density at radius 1 is 1.04 bits per heavy atom. The zero-order valence-corrected chi connectivity index (χ0v) is 14.6. The number of nitrogens with zero attached hydrogens (tertiary/aromatic N) is 1. The summed E-state index contributed by atoms with van der Waals surface area (Å²) in [6, 6.07) is 11.6. The average Bonchev–Trinajstić information content (AvgIpc) is 2.58. The van der Waals surface area contributed by atoms with Crippen LogP contribution in [0.5, 0.6) is 5.75 Å². The molecule has 0 amide bonds. The SMILES string of the molecule is CC(C)(C)c1ccc(OCCCCOC(=O)c2cccnc2)cc1. The average molecular weight is 327 g/mol. The van der Waals surface area contributed by atoms with Gasteiger partial charge in [-0.05, 0) is 48.1 Å². The largest absolute Gasteiger partial charge is 0.494 e. The zero-order chi connectivity index (χ0) is 17.4. The highest BCUT2D eigenvalue weighted by Gasteiger charge is 2.12. The lowest BCUT2D eigenvalue weighted by molar-refractivity contribution is 0.0493. The number of rotatable bonds is 7. The maximum Gasteiger partial charge on any atom is 0.339 e. The maximum atomic E-state index is 11.7. The van der Waals surface area contributed by atoms with Gasteiger partial charge in [0.2, 0.25) is 0 Å². The summed E-state index contributed by atoms with van der Waals surface area (Å²) in [5, 5.41) is 0. The van der Waals surface area contributed by atoms with Gasteiger partial charge < -0.3 is 9.47 Å². The predicted molar refractivity (Wildman–Crippen MR) is 94.4 cm³/mol. The molecule has 4 nitrogen and oxygen atoms in total. The number of hydrogen-bond donors (Lipinski definition) is 0. The third kappa shape index (κ3) is 5.69. The molecule has 1 heterocycles. The van der Waals surface area contributed by atoms with E-state index in [1.54, 1.807) is 18.3 Å². The van der Waals surface area contributed by atoms with Gasteiger partial charge in [-0.1, -0.05) is 32.9 Å². The van der Waals surface area contributed by atoms with Crippen molar-refractivity contribution in [2.75, 3.05) is 13.2 Å². The van der Waals surface area contributed by atoms with Gasteiger partial charge in [-0.2, -0.15) is 0 Å². The molecule has 0 aliphatic carbocycles. The van der Waals surface area contributed by atoms with E-state index in [2.05, 4.69) is 37.9 Å². The van der Waals surface area contributed by atoms with Gasteiger partial charge in [-0.15, -0.1) is 0 Å². The summed E-state index contributed by atoms with van der Waals surface area (Å²) in [6.45, 7) is 7.57. The van der Waals surface area contributed by atoms with Crippen molar-refractivity contribution in [1.29, 1.82) is 0 Å². The number of unbranched alkanes of at least 4 members (excludes halogenated alkanes) is 1. The summed E-state index contributed by atoms with van der Waals surface area (Å²) in [5.74, 6) is 0.539. The lowest BCUT2D eigenvalue weighted by Gasteiger charge is -2.19. The minimum atomic E-state index is -0.332. The van der Waals surface area contributed by atoms with Gasteiger partial charge in [0.1, 0.15) is 5.75 Å². The Labute approximate surface area is 143 Å². The summed E-state index contributed by atoms with van der Waals surface area (Å²) in [6.07, 6.45) is 4.74. The van der Waals surface area contributed by atoms with Crippen molar-refractivity contribution in [2.24, 2.45) is 0 Å². The fraction of sp³-hybridized carbons (Fsp3) is 0.400. The molecule has 2 aromatic rings. The molecule has 0 bridgehead atoms. The van der Waals surface area contributed by atoms with Crippen molar-refractivity contribution in [2.45, 2.75) is 39.0 Å². The van der Waals surface area contributed by atoms with Gasteiger partial charge in [0.15, 0.2) is 0 Å². The van der Waals surface area contributed by atoms with Crippen LogP contribution in [0.25, 0.3) is 0 Å². The van der Waals surface area contributed by atoms with Crippen molar-refractivity contribution in [3.05, 3.63) is 59.9 Å². The molecule has 0 aliphatic rings. The molecule has 4 heteroatoms. The highest BCUT2D eigenvalue weighted by atomic mass is 16.5. The third-order valence-electron chi connectivity index (χ3n) is 3.66. The zero-order valence-electron chi connectivity index (χ0n) is 14.6. The van der Waals surface area contributed by atoms with E-state index >= 15 is 0 Å². The number of esters is 1. The Kier molecular flexibility index (Phi) is 6.36. The number of carbonyl (C=O) groups excluding carboxylic acids is 1. The summed E-state index contributed by atoms with van der Waals surface area (Å²) >= 11 is 0. The molecule has 0 saturated heterocycles. The Morgan fingerprint density at radius 3 is 2.38 bits per heavy atom. The number of carbonyl (C=O) groups is 1. The summed E-state index contributed by atoms with van der Waals surface area (Å²) in [7, 11) is 0. The Morgan fingerprint density at radius 2 is 1.75 bits per heavy atom. The molecule has 2 rings (SSSR count). The van der Waals surface area contributed by atoms with Crippen LogP contribution in [-0.4, -0.2) is 24.2 Å². The highest BCUT2D eigenvalue weighted by molar-refractivity contribution is 5.88. The van der Waals surface area contributed by atoms with Gasteiger partial charge in [-0.3, -0.25) is 4.98 Å². The molecule has 0 aliphatic heterocycles. The number of ether oxygens (including phenoxy) is 2. The van der Waals surface area contributed by atoms with Crippen LogP contribution in [0.2, 0.25) is 0 Å². The van der Waals surface area contributed by atoms with Crippen LogP contribution in [0.4, 0.5) is 0 Å². The molecule has 0 saturated carbocycles. The molecular weight excluding hydrogens is 302 g/mol. The van der Waals surface area contributed by atoms with Crippen molar-refractivity contribution < 1.29 is 14.3 Å². The Hall–Kier alpha value is -2.36. The molecule has 0 fully saturated rings. The van der Waals surface area contributed by atoms with E-state index in [4.69, 9.17) is 9.47 Å². The van der Waals surface area contributed by atoms with E-state index in [-0.39, 0.29) is 11.4 Å². The Balaban J connectivity index is 1.62. The first kappa shape index (κ1) is 18.0. The van der Waals surface area contributed by atoms with Crippen LogP contribution in [0.15, 0.2) is 48.8 Å². The van der Waals surface area contributed by atoms with Gasteiger partial charge in [0, 0.05) is 12.4 Å². The van der Waals surface area contributed by atoms with Crippen molar-refractivity contribution in [3.63, 3.8) is 0 Å². The van der Waals surface area contributed by atoms with Crippen LogP contribution < -0.4 is 4.74 Å². The quantitative estimate of drug-likeness (QED) is 0.559. The van der Waals surface area contributed by atoms with E-state index in [0.29, 0.717) is 18.8 Å². The molecule has 0 spiro atoms. The van der Waals surface area contributed by atoms with Crippen LogP contribution in [0, 0.1) is 0 Å². The van der Waals surface area contributed by atoms with E-state index in [9.17, 15) is 4.79 Å². The summed E-state index contributed by atoms with van der Waals surface area (Å²) < 4.78 is 10.9. The summed E-state index contributed by atoms with van der Waals surface area (Å²) in [4.78, 5) is 15.6. The number of aromatic nitrogens is 1. The standard InChI is InChI=1S/C20H25NO3/c1-20(2,3)17-8-10-18(11-9-17)23-13-4-5-14-24-19(22)16-7-6-12-21-15-16/h6-12,15H,4-5,13-14H2,1-3H3. The monoisotopic (exact) mass is 327 g/mol. The molecule has 0 atom stereocenters. The topological polar surface area (TPSA) is 48.4 Å². The van der Waals surface area contributed by atoms with E-state index in [1.165, 1.54) is 11.8 Å². The molecule has 24 heavy (non-hydrogen) atoms. The summed E-state index contributed by atoms with van der Waals surface area (Å²) in [5.41, 5.74) is 1.92. The minimum absolute atomic E-state index is 0.149. The lowest BCUT2D eigenvalue weighted by Crippen LogP contribution is -2.10. The third-order valence-corrected chi connectivity index (χ3v) is 3.66. The Bertz CT molecular complexity index is 630. The van der Waals surface area contributed by atoms with Crippen molar-refractivity contribution in [1.82, 2.24) is 4.98 Å². The maximum absolute atomic E-state index is 11.7. The van der Waals surface area contributed by atoms with Crippen LogP contribution in [0.3, 0.4) is 0 Å². The lowest BCUT2D eigenvalue weighted by atomic mass is 9.87. The van der Waals surface area contributed by atoms with Gasteiger partial charge in [0.05, 0.1) is 18.8 Å². The number of hydrogen-bond acceptors (Lipinski definition) is 4. The first-order valence-electron chi connectivity index (χ1n) is 8.27. The van der Waals surface area contributed by atoms with Gasteiger partial charge >= 0.3 is 5.97 Å². The smallest absolute Gasteiger partial charge is 0.339 e. The number of benzene rings is 1. The molecule has 1 aromatic heterocycles. The molecule has 1 aromatic carbocycles. The van der Waals surface area contributed by atoms with Crippen LogP contribution >= 0.6 is 0 Å². The second-order valence-electron chi connectivity index (χ2n) is 6.71. The minimum Gasteiger partial charge on any atom is -0.494 e. The molecular formula is C20H25NO3. The number of pyridine rings is 1. The molecule has 128 valence electrons. The van der Waals surface area contributed by atoms with Crippen molar-refractivity contribution in [3.8, 4) is 5.75 Å². The van der Waals surface area contributed by atoms with E-state index < -0.39 is 0 Å². The fourth-order valence-corrected chi connectivity index (χ4v) is 2.18. The highest BCUT2D eigenvalue weighted by Crippen LogP contribution is 2.24. The van der Waals surface area contributed by atoms with E-state index in [0.717, 1.165) is 18.6 Å². The fourth-order valence-electron chi connectivity index (χ4n) is 2.18. The molecule has 0 unspecified atom stereocenters. The van der Waals surface area contributed by atoms with Gasteiger partial charge in [0.25, 0.3) is 0 Å². The predicted octanol–water partition coefficient (Wildman–Crippen LogP) is 4.40. The van der Waals surface area contributed by atoms with Crippen LogP contribution in [-0.2, 0) is 10.2 Å². The second kappa shape index (κ2) is 8.48. The molecule has 0 radical (unpaired) electrons. The first-order valence-corrected chi connectivity index (χ1v) is 8.27. The van der Waals surface area contributed by atoms with E-state index in [1.807, 2.05) is 12.1 Å². The van der Waals surface area contributed by atoms with Gasteiger partial charge in [-0.25, -0.2) is 4.79 Å². The molecule has 0 N–H and O–H groups in total. The normalized spacial score (nSPS) is 11.1. The van der Waals surface area contributed by atoms with Crippen LogP contribution in [0.1, 0.15) is 49.5 Å². The van der Waals surface area contributed by atoms with Crippen molar-refractivity contribution >= 4 is 5.97 Å². The second-order valence-corrected chi connectivity index (χ2v) is 6.71.